The van der Waals surface area contributed by atoms with E-state index in [1.807, 2.05) is 0 Å². The van der Waals surface area contributed by atoms with E-state index in [0.717, 1.165) is 0 Å². The Hall–Kier alpha value is -1.36. The molecule has 1 aromatic heterocycles. The molecule has 1 heterocycles. The summed E-state index contributed by atoms with van der Waals surface area (Å²) in [5.41, 5.74) is 5.20. The predicted octanol–water partition coefficient (Wildman–Crippen LogP) is -1.16. The Morgan fingerprint density at radius 1 is 1.80 bits per heavy atom. The standard InChI is InChI=1S/C5H7N3O2/c6-4-1-3(2-9)7-8-5(4)10/h1,9H,2H2,(H2,6,7)(H,8,10). The molecule has 0 radical (unpaired) electrons. The third-order valence-electron chi connectivity index (χ3n) is 1.05. The van der Waals surface area contributed by atoms with Crippen molar-refractivity contribution in [3.05, 3.63) is 22.1 Å². The molecule has 0 bridgehead atoms. The van der Waals surface area contributed by atoms with E-state index in [-0.39, 0.29) is 12.3 Å². The first-order chi connectivity index (χ1) is 4.74. The number of aliphatic hydroxyl groups is 1. The van der Waals surface area contributed by atoms with Crippen LogP contribution in [0.2, 0.25) is 0 Å². The highest BCUT2D eigenvalue weighted by atomic mass is 16.3. The summed E-state index contributed by atoms with van der Waals surface area (Å²) < 4.78 is 0. The minimum Gasteiger partial charge on any atom is -0.394 e. The molecule has 0 atom stereocenters. The second kappa shape index (κ2) is 2.49. The van der Waals surface area contributed by atoms with Gasteiger partial charge in [-0.1, -0.05) is 0 Å². The van der Waals surface area contributed by atoms with Gasteiger partial charge in [-0.15, -0.1) is 0 Å². The third kappa shape index (κ3) is 1.14. The molecule has 0 fully saturated rings. The van der Waals surface area contributed by atoms with Gasteiger partial charge in [0.1, 0.15) is 5.69 Å². The van der Waals surface area contributed by atoms with Crippen LogP contribution >= 0.6 is 0 Å². The Kier molecular flexibility index (Phi) is 1.68. The van der Waals surface area contributed by atoms with Crippen molar-refractivity contribution in [2.45, 2.75) is 6.61 Å². The van der Waals surface area contributed by atoms with Crippen LogP contribution in [0, 0.1) is 0 Å². The summed E-state index contributed by atoms with van der Waals surface area (Å²) in [6.07, 6.45) is 0. The van der Waals surface area contributed by atoms with Crippen molar-refractivity contribution in [1.29, 1.82) is 0 Å². The number of hydrogen-bond donors (Lipinski definition) is 3. The van der Waals surface area contributed by atoms with Gasteiger partial charge in [-0.05, 0) is 6.07 Å². The lowest BCUT2D eigenvalue weighted by atomic mass is 10.4. The summed E-state index contributed by atoms with van der Waals surface area (Å²) in [6.45, 7) is -0.221. The Bertz CT molecular complexity index is 280. The number of hydrogen-bond acceptors (Lipinski definition) is 4. The molecule has 1 aromatic rings. The molecule has 0 saturated carbocycles. The number of nitrogens with two attached hydrogens (primary N) is 1. The van der Waals surface area contributed by atoms with Crippen LogP contribution in [0.4, 0.5) is 5.69 Å². The van der Waals surface area contributed by atoms with Crippen LogP contribution < -0.4 is 11.3 Å². The van der Waals surface area contributed by atoms with Crippen molar-refractivity contribution in [3.63, 3.8) is 0 Å². The van der Waals surface area contributed by atoms with Gasteiger partial charge in [0.15, 0.2) is 0 Å². The van der Waals surface area contributed by atoms with Gasteiger partial charge < -0.3 is 10.8 Å². The van der Waals surface area contributed by atoms with Crippen LogP contribution in [0.15, 0.2) is 10.9 Å². The van der Waals surface area contributed by atoms with Gasteiger partial charge in [-0.2, -0.15) is 5.10 Å². The fraction of sp³-hybridized carbons (Fsp3) is 0.200. The van der Waals surface area contributed by atoms with Gasteiger partial charge in [0, 0.05) is 0 Å². The zero-order valence-electron chi connectivity index (χ0n) is 5.16. The first-order valence-electron chi connectivity index (χ1n) is 2.69. The molecule has 0 unspecified atom stereocenters. The van der Waals surface area contributed by atoms with Crippen molar-refractivity contribution in [1.82, 2.24) is 10.2 Å². The lowest BCUT2D eigenvalue weighted by Gasteiger charge is -1.93. The maximum atomic E-state index is 10.6. The highest BCUT2D eigenvalue weighted by Crippen LogP contribution is 1.93. The van der Waals surface area contributed by atoms with E-state index in [2.05, 4.69) is 10.2 Å². The number of nitrogens with zero attached hydrogens (tertiary/aromatic N) is 1. The number of H-pyrrole nitrogens is 1. The van der Waals surface area contributed by atoms with Crippen molar-refractivity contribution < 1.29 is 5.11 Å². The summed E-state index contributed by atoms with van der Waals surface area (Å²) in [4.78, 5) is 10.6. The van der Waals surface area contributed by atoms with Gasteiger partial charge in [-0.3, -0.25) is 4.79 Å². The van der Waals surface area contributed by atoms with Crippen molar-refractivity contribution in [2.75, 3.05) is 5.73 Å². The minimum atomic E-state index is -0.433. The predicted molar refractivity (Wildman–Crippen MR) is 35.2 cm³/mol. The number of anilines is 1. The Morgan fingerprint density at radius 2 is 2.50 bits per heavy atom. The van der Waals surface area contributed by atoms with E-state index in [1.54, 1.807) is 0 Å². The van der Waals surface area contributed by atoms with Crippen LogP contribution in [0.25, 0.3) is 0 Å². The summed E-state index contributed by atoms with van der Waals surface area (Å²) in [7, 11) is 0. The molecule has 0 aliphatic heterocycles. The highest BCUT2D eigenvalue weighted by Gasteiger charge is 1.95. The average Bonchev–Trinajstić information content (AvgIpc) is 1.95. The first-order valence-corrected chi connectivity index (χ1v) is 2.69. The molecule has 1 rings (SSSR count). The monoisotopic (exact) mass is 141 g/mol. The number of nitrogen functional groups attached to an aromatic ring is 1. The van der Waals surface area contributed by atoms with Gasteiger partial charge in [0.25, 0.3) is 5.56 Å². The molecule has 54 valence electrons. The zero-order chi connectivity index (χ0) is 7.56. The Labute approximate surface area is 56.5 Å². The SMILES string of the molecule is Nc1cc(CO)n[nH]c1=O. The van der Waals surface area contributed by atoms with Gasteiger partial charge in [-0.25, -0.2) is 5.10 Å². The van der Waals surface area contributed by atoms with Crippen molar-refractivity contribution in [3.8, 4) is 0 Å². The summed E-state index contributed by atoms with van der Waals surface area (Å²) in [6, 6.07) is 1.33. The van der Waals surface area contributed by atoms with Crippen LogP contribution in [-0.4, -0.2) is 15.3 Å². The van der Waals surface area contributed by atoms with E-state index in [1.165, 1.54) is 6.07 Å². The smallest absolute Gasteiger partial charge is 0.287 e. The summed E-state index contributed by atoms with van der Waals surface area (Å²) >= 11 is 0. The van der Waals surface area contributed by atoms with Crippen LogP contribution in [0.5, 0.6) is 0 Å². The maximum Gasteiger partial charge on any atom is 0.287 e. The zero-order valence-corrected chi connectivity index (χ0v) is 5.16. The number of aromatic amines is 1. The normalized spacial score (nSPS) is 9.70. The molecule has 0 aromatic carbocycles. The molecule has 0 saturated heterocycles. The molecule has 0 aliphatic rings. The van der Waals surface area contributed by atoms with E-state index in [9.17, 15) is 4.79 Å². The highest BCUT2D eigenvalue weighted by molar-refractivity contribution is 5.34. The average molecular weight is 141 g/mol. The fourth-order valence-corrected chi connectivity index (χ4v) is 0.545. The van der Waals surface area contributed by atoms with Crippen LogP contribution in [0.3, 0.4) is 0 Å². The number of aliphatic hydroxyl groups excluding tert-OH is 1. The molecule has 5 nitrogen and oxygen atoms in total. The van der Waals surface area contributed by atoms with E-state index in [0.29, 0.717) is 5.69 Å². The number of nitrogens with one attached hydrogen (secondary N) is 1. The molecule has 0 aliphatic carbocycles. The summed E-state index contributed by atoms with van der Waals surface area (Å²) in [5.74, 6) is 0. The van der Waals surface area contributed by atoms with Crippen molar-refractivity contribution in [2.24, 2.45) is 0 Å². The quantitative estimate of drug-likeness (QED) is 0.460. The molecule has 5 heteroatoms. The Morgan fingerprint density at radius 3 is 3.00 bits per heavy atom. The molecular weight excluding hydrogens is 134 g/mol. The van der Waals surface area contributed by atoms with Gasteiger partial charge >= 0.3 is 0 Å². The number of rotatable bonds is 1. The molecule has 0 spiro atoms. The molecule has 10 heavy (non-hydrogen) atoms. The van der Waals surface area contributed by atoms with E-state index >= 15 is 0 Å². The van der Waals surface area contributed by atoms with E-state index < -0.39 is 5.56 Å². The first kappa shape index (κ1) is 6.76. The molecular formula is C5H7N3O2. The molecule has 0 amide bonds. The van der Waals surface area contributed by atoms with Gasteiger partial charge in [0.05, 0.1) is 12.3 Å². The van der Waals surface area contributed by atoms with Crippen LogP contribution in [0.1, 0.15) is 5.69 Å². The lowest BCUT2D eigenvalue weighted by molar-refractivity contribution is 0.275. The summed E-state index contributed by atoms with van der Waals surface area (Å²) in [5, 5.41) is 14.1. The third-order valence-corrected chi connectivity index (χ3v) is 1.05. The van der Waals surface area contributed by atoms with Crippen LogP contribution in [-0.2, 0) is 6.61 Å². The largest absolute Gasteiger partial charge is 0.394 e. The number of aromatic nitrogens is 2. The van der Waals surface area contributed by atoms with E-state index in [4.69, 9.17) is 10.8 Å². The topological polar surface area (TPSA) is 92.0 Å². The minimum absolute atomic E-state index is 0.0686. The van der Waals surface area contributed by atoms with Gasteiger partial charge in [0.2, 0.25) is 0 Å². The Balaban J connectivity index is 3.17. The van der Waals surface area contributed by atoms with Crippen molar-refractivity contribution >= 4 is 5.69 Å². The molecule has 4 N–H and O–H groups in total. The maximum absolute atomic E-state index is 10.6. The fourth-order valence-electron chi connectivity index (χ4n) is 0.545. The second-order valence-electron chi connectivity index (χ2n) is 1.80. The lowest BCUT2D eigenvalue weighted by Crippen LogP contribution is -2.14. The second-order valence-corrected chi connectivity index (χ2v) is 1.80.